The first-order chi connectivity index (χ1) is 9.74. The molecule has 0 radical (unpaired) electrons. The fourth-order valence-corrected chi connectivity index (χ4v) is 2.35. The van der Waals surface area contributed by atoms with Gasteiger partial charge in [-0.15, -0.1) is 0 Å². The fraction of sp³-hybridized carbons (Fsp3) is 0.400. The summed E-state index contributed by atoms with van der Waals surface area (Å²) in [5, 5.41) is 4.37. The summed E-state index contributed by atoms with van der Waals surface area (Å²) in [4.78, 5) is 17.2. The van der Waals surface area contributed by atoms with Gasteiger partial charge in [-0.25, -0.2) is 0 Å². The molecule has 5 heteroatoms. The van der Waals surface area contributed by atoms with Crippen LogP contribution in [-0.4, -0.2) is 39.0 Å². The Bertz CT molecular complexity index is 603. The Kier molecular flexibility index (Phi) is 3.60. The zero-order chi connectivity index (χ0) is 13.9. The largest absolute Gasteiger partial charge is 0.299 e. The number of pyridine rings is 1. The van der Waals surface area contributed by atoms with Crippen LogP contribution in [0.3, 0.4) is 0 Å². The molecule has 0 unspecified atom stereocenters. The molecule has 0 amide bonds. The lowest BCUT2D eigenvalue weighted by molar-refractivity contribution is 0.112. The van der Waals surface area contributed by atoms with E-state index in [0.29, 0.717) is 12.1 Å². The maximum atomic E-state index is 10.7. The van der Waals surface area contributed by atoms with Gasteiger partial charge < -0.3 is 0 Å². The summed E-state index contributed by atoms with van der Waals surface area (Å²) in [5.41, 5.74) is 2.81. The number of aldehydes is 1. The quantitative estimate of drug-likeness (QED) is 0.750. The van der Waals surface area contributed by atoms with Gasteiger partial charge >= 0.3 is 0 Å². The monoisotopic (exact) mass is 270 g/mol. The number of carbonyl (C=O) groups is 1. The second-order valence-electron chi connectivity index (χ2n) is 5.44. The lowest BCUT2D eigenvalue weighted by atomic mass is 10.2. The number of aromatic nitrogens is 3. The third-order valence-corrected chi connectivity index (χ3v) is 3.59. The van der Waals surface area contributed by atoms with Crippen LogP contribution < -0.4 is 0 Å². The molecular weight excluding hydrogens is 252 g/mol. The van der Waals surface area contributed by atoms with Crippen molar-refractivity contribution in [1.82, 2.24) is 19.7 Å². The van der Waals surface area contributed by atoms with Crippen molar-refractivity contribution in [2.45, 2.75) is 32.0 Å². The summed E-state index contributed by atoms with van der Waals surface area (Å²) in [7, 11) is 2.16. The van der Waals surface area contributed by atoms with Crippen LogP contribution in [0.4, 0.5) is 0 Å². The number of hydrogen-bond donors (Lipinski definition) is 0. The predicted octanol–water partition coefficient (Wildman–Crippen LogP) is 1.73. The van der Waals surface area contributed by atoms with Crippen molar-refractivity contribution in [3.63, 3.8) is 0 Å². The van der Waals surface area contributed by atoms with Crippen LogP contribution >= 0.6 is 0 Å². The van der Waals surface area contributed by atoms with E-state index in [2.05, 4.69) is 28.2 Å². The molecule has 1 fully saturated rings. The van der Waals surface area contributed by atoms with Crippen molar-refractivity contribution >= 4 is 6.29 Å². The Hall–Kier alpha value is -2.01. The molecule has 3 rings (SSSR count). The Morgan fingerprint density at radius 3 is 2.95 bits per heavy atom. The molecule has 104 valence electrons. The van der Waals surface area contributed by atoms with E-state index in [1.807, 2.05) is 16.9 Å². The van der Waals surface area contributed by atoms with Crippen LogP contribution in [0.15, 0.2) is 30.9 Å². The highest BCUT2D eigenvalue weighted by atomic mass is 16.1. The summed E-state index contributed by atoms with van der Waals surface area (Å²) in [6.45, 7) is 1.58. The maximum Gasteiger partial charge on any atom is 0.151 e. The predicted molar refractivity (Wildman–Crippen MR) is 75.4 cm³/mol. The Morgan fingerprint density at radius 2 is 2.20 bits per heavy atom. The van der Waals surface area contributed by atoms with Gasteiger partial charge in [0.1, 0.15) is 0 Å². The smallest absolute Gasteiger partial charge is 0.151 e. The van der Waals surface area contributed by atoms with Gasteiger partial charge in [0, 0.05) is 42.3 Å². The summed E-state index contributed by atoms with van der Waals surface area (Å²) in [5.74, 6) is 0. The van der Waals surface area contributed by atoms with Crippen molar-refractivity contribution in [2.75, 3.05) is 7.05 Å². The number of carbonyl (C=O) groups excluding carboxylic acids is 1. The third-order valence-electron chi connectivity index (χ3n) is 3.59. The van der Waals surface area contributed by atoms with E-state index in [1.165, 1.54) is 18.4 Å². The minimum atomic E-state index is 0.600. The van der Waals surface area contributed by atoms with Crippen molar-refractivity contribution in [1.29, 1.82) is 0 Å². The molecule has 1 saturated carbocycles. The molecule has 2 aromatic heterocycles. The van der Waals surface area contributed by atoms with Gasteiger partial charge in [0.25, 0.3) is 0 Å². The van der Waals surface area contributed by atoms with E-state index in [0.717, 1.165) is 24.4 Å². The highest BCUT2D eigenvalue weighted by Crippen LogP contribution is 2.26. The number of nitrogens with zero attached hydrogens (tertiary/aromatic N) is 4. The van der Waals surface area contributed by atoms with Crippen LogP contribution in [0.1, 0.15) is 34.3 Å². The molecule has 0 atom stereocenters. The van der Waals surface area contributed by atoms with E-state index >= 15 is 0 Å². The summed E-state index contributed by atoms with van der Waals surface area (Å²) >= 11 is 0. The highest BCUT2D eigenvalue weighted by Gasteiger charge is 2.26. The molecule has 0 N–H and O–H groups in total. The lowest BCUT2D eigenvalue weighted by Gasteiger charge is -2.13. The zero-order valence-electron chi connectivity index (χ0n) is 11.6. The topological polar surface area (TPSA) is 51.0 Å². The minimum absolute atomic E-state index is 0.600. The average Bonchev–Trinajstić information content (AvgIpc) is 3.22. The highest BCUT2D eigenvalue weighted by molar-refractivity contribution is 5.74. The van der Waals surface area contributed by atoms with Gasteiger partial charge in [-0.2, -0.15) is 5.10 Å². The first-order valence-electron chi connectivity index (χ1n) is 6.85. The summed E-state index contributed by atoms with van der Waals surface area (Å²) in [6.07, 6.45) is 10.8. The summed E-state index contributed by atoms with van der Waals surface area (Å²) < 4.78 is 1.89. The Balaban J connectivity index is 1.65. The van der Waals surface area contributed by atoms with Gasteiger partial charge in [-0.05, 0) is 31.5 Å². The third kappa shape index (κ3) is 3.11. The van der Waals surface area contributed by atoms with E-state index in [9.17, 15) is 4.79 Å². The van der Waals surface area contributed by atoms with Crippen LogP contribution in [0.5, 0.6) is 0 Å². The zero-order valence-corrected chi connectivity index (χ0v) is 11.6. The van der Waals surface area contributed by atoms with E-state index in [-0.39, 0.29) is 0 Å². The second kappa shape index (κ2) is 5.54. The molecule has 0 aromatic carbocycles. The fourth-order valence-electron chi connectivity index (χ4n) is 2.35. The van der Waals surface area contributed by atoms with Crippen LogP contribution in [-0.2, 0) is 13.1 Å². The van der Waals surface area contributed by atoms with Crippen molar-refractivity contribution in [3.8, 4) is 0 Å². The Labute approximate surface area is 118 Å². The molecule has 2 heterocycles. The normalized spacial score (nSPS) is 14.7. The first-order valence-corrected chi connectivity index (χ1v) is 6.85. The van der Waals surface area contributed by atoms with E-state index in [4.69, 9.17) is 0 Å². The molecule has 20 heavy (non-hydrogen) atoms. The second-order valence-corrected chi connectivity index (χ2v) is 5.44. The van der Waals surface area contributed by atoms with Crippen molar-refractivity contribution < 1.29 is 4.79 Å². The molecule has 0 aliphatic heterocycles. The average molecular weight is 270 g/mol. The van der Waals surface area contributed by atoms with Crippen molar-refractivity contribution in [3.05, 3.63) is 47.5 Å². The van der Waals surface area contributed by atoms with Crippen LogP contribution in [0.2, 0.25) is 0 Å². The molecule has 1 aliphatic carbocycles. The molecule has 5 nitrogen and oxygen atoms in total. The standard InChI is InChI=1S/C15H18N4O/c1-18(15-2-3-15)8-14-7-17-19(10-14)9-12-4-13(11-20)6-16-5-12/h4-7,10-11,15H,2-3,8-9H2,1H3. The van der Waals surface area contributed by atoms with Crippen molar-refractivity contribution in [2.24, 2.45) is 0 Å². The van der Waals surface area contributed by atoms with E-state index in [1.54, 1.807) is 12.4 Å². The molecular formula is C15H18N4O. The van der Waals surface area contributed by atoms with Gasteiger partial charge in [0.05, 0.1) is 12.7 Å². The number of rotatable bonds is 6. The lowest BCUT2D eigenvalue weighted by Crippen LogP contribution is -2.19. The summed E-state index contributed by atoms with van der Waals surface area (Å²) in [6, 6.07) is 2.60. The SMILES string of the molecule is CN(Cc1cnn(Cc2cncc(C=O)c2)c1)C1CC1. The van der Waals surface area contributed by atoms with Gasteiger partial charge in [-0.1, -0.05) is 0 Å². The molecule has 0 spiro atoms. The molecule has 0 saturated heterocycles. The van der Waals surface area contributed by atoms with Gasteiger partial charge in [-0.3, -0.25) is 19.4 Å². The molecule has 1 aliphatic rings. The minimum Gasteiger partial charge on any atom is -0.299 e. The van der Waals surface area contributed by atoms with Gasteiger partial charge in [0.15, 0.2) is 6.29 Å². The first kappa shape index (κ1) is 13.0. The van der Waals surface area contributed by atoms with E-state index < -0.39 is 0 Å². The Morgan fingerprint density at radius 1 is 1.35 bits per heavy atom. The van der Waals surface area contributed by atoms with Crippen LogP contribution in [0.25, 0.3) is 0 Å². The molecule has 0 bridgehead atoms. The molecule has 2 aromatic rings. The van der Waals surface area contributed by atoms with Crippen LogP contribution in [0, 0.1) is 0 Å². The maximum absolute atomic E-state index is 10.7. The number of hydrogen-bond acceptors (Lipinski definition) is 4. The van der Waals surface area contributed by atoms with Gasteiger partial charge in [0.2, 0.25) is 0 Å².